The van der Waals surface area contributed by atoms with Gasteiger partial charge in [0, 0.05) is 12.4 Å². The molecule has 0 spiro atoms. The summed E-state index contributed by atoms with van der Waals surface area (Å²) in [7, 11) is 1.60. The summed E-state index contributed by atoms with van der Waals surface area (Å²) in [6.45, 7) is 0. The lowest BCUT2D eigenvalue weighted by Crippen LogP contribution is -2.11. The molecule has 0 saturated heterocycles. The molecule has 138 valence electrons. The fourth-order valence-corrected chi connectivity index (χ4v) is 3.03. The highest BCUT2D eigenvalue weighted by Crippen LogP contribution is 2.33. The first-order valence-corrected chi connectivity index (χ1v) is 8.37. The Morgan fingerprint density at radius 3 is 2.46 bits per heavy atom. The number of carbonyl (C=O) groups is 1. The molecule has 0 radical (unpaired) electrons. The van der Waals surface area contributed by atoms with Gasteiger partial charge in [0.05, 0.1) is 18.8 Å². The zero-order valence-electron chi connectivity index (χ0n) is 14.6. The molecule has 0 atom stereocenters. The molecule has 3 rings (SSSR count). The number of nitrogens with zero attached hydrogens (tertiary/aromatic N) is 1. The number of halogens is 1. The largest absolute Gasteiger partial charge is 0.493 e. The maximum atomic E-state index is 11.6. The van der Waals surface area contributed by atoms with Crippen LogP contribution in [0.25, 0.3) is 11.6 Å². The van der Waals surface area contributed by atoms with Crippen molar-refractivity contribution in [3.63, 3.8) is 0 Å². The van der Waals surface area contributed by atoms with Gasteiger partial charge in [0.1, 0.15) is 0 Å². The number of carboxylic acids is 1. The second-order valence-corrected chi connectivity index (χ2v) is 6.03. The van der Waals surface area contributed by atoms with Crippen LogP contribution in [0.2, 0.25) is 0 Å². The van der Waals surface area contributed by atoms with E-state index in [0.29, 0.717) is 17.1 Å². The van der Waals surface area contributed by atoms with E-state index >= 15 is 0 Å². The SMILES string of the molecule is COc1ccc(C=C(C(=O)O)c2ccncc2)cc1OC1CCCC1.Cl. The van der Waals surface area contributed by atoms with Crippen molar-refractivity contribution in [2.45, 2.75) is 31.8 Å². The minimum absolute atomic E-state index is 0. The van der Waals surface area contributed by atoms with Crippen molar-refractivity contribution < 1.29 is 19.4 Å². The van der Waals surface area contributed by atoms with Gasteiger partial charge in [-0.15, -0.1) is 12.4 Å². The molecule has 0 unspecified atom stereocenters. The topological polar surface area (TPSA) is 68.7 Å². The van der Waals surface area contributed by atoms with Crippen LogP contribution in [0.3, 0.4) is 0 Å². The summed E-state index contributed by atoms with van der Waals surface area (Å²) in [6.07, 6.45) is 9.44. The Bertz CT molecular complexity index is 771. The Morgan fingerprint density at radius 1 is 1.15 bits per heavy atom. The third kappa shape index (κ3) is 4.76. The minimum Gasteiger partial charge on any atom is -0.493 e. The summed E-state index contributed by atoms with van der Waals surface area (Å²) in [6, 6.07) is 8.83. The maximum absolute atomic E-state index is 11.6. The molecule has 6 heteroatoms. The second-order valence-electron chi connectivity index (χ2n) is 6.03. The lowest BCUT2D eigenvalue weighted by atomic mass is 10.0. The average molecular weight is 376 g/mol. The smallest absolute Gasteiger partial charge is 0.336 e. The molecule has 0 aliphatic heterocycles. The predicted molar refractivity (Wildman–Crippen MR) is 103 cm³/mol. The summed E-state index contributed by atoms with van der Waals surface area (Å²) in [5.41, 5.74) is 1.57. The minimum atomic E-state index is -0.986. The quantitative estimate of drug-likeness (QED) is 0.755. The fourth-order valence-electron chi connectivity index (χ4n) is 3.03. The highest BCUT2D eigenvalue weighted by Gasteiger charge is 2.19. The van der Waals surface area contributed by atoms with Gasteiger partial charge in [-0.1, -0.05) is 6.07 Å². The number of aliphatic carboxylic acids is 1. The van der Waals surface area contributed by atoms with Crippen LogP contribution in [0.5, 0.6) is 11.5 Å². The van der Waals surface area contributed by atoms with E-state index in [-0.39, 0.29) is 24.1 Å². The van der Waals surface area contributed by atoms with Crippen LogP contribution in [-0.2, 0) is 4.79 Å². The van der Waals surface area contributed by atoms with E-state index in [0.717, 1.165) is 18.4 Å². The first-order valence-electron chi connectivity index (χ1n) is 8.37. The van der Waals surface area contributed by atoms with Gasteiger partial charge in [0.25, 0.3) is 0 Å². The fraction of sp³-hybridized carbons (Fsp3) is 0.300. The highest BCUT2D eigenvalue weighted by molar-refractivity contribution is 6.20. The van der Waals surface area contributed by atoms with Crippen LogP contribution in [-0.4, -0.2) is 29.3 Å². The van der Waals surface area contributed by atoms with Crippen molar-refractivity contribution in [3.05, 3.63) is 53.9 Å². The number of hydrogen-bond donors (Lipinski definition) is 1. The molecule has 1 heterocycles. The van der Waals surface area contributed by atoms with E-state index < -0.39 is 5.97 Å². The number of rotatable bonds is 6. The number of methoxy groups -OCH3 is 1. The molecule has 0 amide bonds. The molecule has 1 fully saturated rings. The first-order chi connectivity index (χ1) is 12.2. The van der Waals surface area contributed by atoms with Gasteiger partial charge in [-0.05, 0) is 67.2 Å². The van der Waals surface area contributed by atoms with Crippen LogP contribution in [0.15, 0.2) is 42.7 Å². The van der Waals surface area contributed by atoms with Crippen LogP contribution >= 0.6 is 12.4 Å². The second kappa shape index (κ2) is 9.25. The monoisotopic (exact) mass is 375 g/mol. The third-order valence-corrected chi connectivity index (χ3v) is 4.32. The van der Waals surface area contributed by atoms with Crippen molar-refractivity contribution in [2.24, 2.45) is 0 Å². The maximum Gasteiger partial charge on any atom is 0.336 e. The summed E-state index contributed by atoms with van der Waals surface area (Å²) < 4.78 is 11.5. The van der Waals surface area contributed by atoms with Gasteiger partial charge < -0.3 is 14.6 Å². The zero-order chi connectivity index (χ0) is 17.6. The van der Waals surface area contributed by atoms with Crippen molar-refractivity contribution >= 4 is 30.0 Å². The Kier molecular flexibility index (Phi) is 7.04. The summed E-state index contributed by atoms with van der Waals surface area (Å²) >= 11 is 0. The molecule has 1 saturated carbocycles. The lowest BCUT2D eigenvalue weighted by Gasteiger charge is -2.16. The Morgan fingerprint density at radius 2 is 1.85 bits per heavy atom. The van der Waals surface area contributed by atoms with Gasteiger partial charge in [0.15, 0.2) is 11.5 Å². The Hall–Kier alpha value is -2.53. The van der Waals surface area contributed by atoms with Crippen LogP contribution in [0, 0.1) is 0 Å². The van der Waals surface area contributed by atoms with Crippen LogP contribution in [0.4, 0.5) is 0 Å². The highest BCUT2D eigenvalue weighted by atomic mass is 35.5. The summed E-state index contributed by atoms with van der Waals surface area (Å²) in [5, 5.41) is 9.54. The van der Waals surface area contributed by atoms with Crippen molar-refractivity contribution in [1.82, 2.24) is 4.98 Å². The number of ether oxygens (including phenoxy) is 2. The predicted octanol–water partition coefficient (Wildman–Crippen LogP) is 4.46. The molecule has 1 aliphatic rings. The van der Waals surface area contributed by atoms with Crippen molar-refractivity contribution in [1.29, 1.82) is 0 Å². The molecule has 5 nitrogen and oxygen atoms in total. The normalized spacial score (nSPS) is 14.6. The summed E-state index contributed by atoms with van der Waals surface area (Å²) in [4.78, 5) is 15.6. The van der Waals surface area contributed by atoms with Gasteiger partial charge >= 0.3 is 5.97 Å². The number of hydrogen-bond acceptors (Lipinski definition) is 4. The van der Waals surface area contributed by atoms with Crippen molar-refractivity contribution in [2.75, 3.05) is 7.11 Å². The Labute approximate surface area is 159 Å². The number of benzene rings is 1. The van der Waals surface area contributed by atoms with Crippen molar-refractivity contribution in [3.8, 4) is 11.5 Å². The molecule has 1 N–H and O–H groups in total. The molecule has 1 aliphatic carbocycles. The van der Waals surface area contributed by atoms with E-state index in [2.05, 4.69) is 4.98 Å². The van der Waals surface area contributed by atoms with Gasteiger partial charge in [0.2, 0.25) is 0 Å². The zero-order valence-corrected chi connectivity index (χ0v) is 15.4. The van der Waals surface area contributed by atoms with E-state index in [1.165, 1.54) is 12.8 Å². The molecule has 26 heavy (non-hydrogen) atoms. The van der Waals surface area contributed by atoms with Gasteiger partial charge in [-0.25, -0.2) is 4.79 Å². The van der Waals surface area contributed by atoms with E-state index in [9.17, 15) is 9.90 Å². The lowest BCUT2D eigenvalue weighted by molar-refractivity contribution is -0.130. The van der Waals surface area contributed by atoms with Crippen LogP contribution in [0.1, 0.15) is 36.8 Å². The number of aromatic nitrogens is 1. The van der Waals surface area contributed by atoms with Crippen LogP contribution < -0.4 is 9.47 Å². The number of carboxylic acid groups (broad SMARTS) is 1. The molecule has 2 aromatic rings. The van der Waals surface area contributed by atoms with Gasteiger partial charge in [-0.3, -0.25) is 4.98 Å². The molecular weight excluding hydrogens is 354 g/mol. The first kappa shape index (κ1) is 19.8. The van der Waals surface area contributed by atoms with E-state index in [1.807, 2.05) is 18.2 Å². The van der Waals surface area contributed by atoms with E-state index in [4.69, 9.17) is 9.47 Å². The number of pyridine rings is 1. The molecule has 1 aromatic carbocycles. The van der Waals surface area contributed by atoms with E-state index in [1.54, 1.807) is 37.7 Å². The molecule has 1 aromatic heterocycles. The molecule has 0 bridgehead atoms. The standard InChI is InChI=1S/C20H21NO4.ClH/c1-24-18-7-6-14(13-19(18)25-16-4-2-3-5-16)12-17(20(22)23)15-8-10-21-11-9-15;/h6-13,16H,2-5H2,1H3,(H,22,23);1H. The Balaban J connectivity index is 0.00000243. The molecular formula is C20H22ClNO4. The third-order valence-electron chi connectivity index (χ3n) is 4.32. The summed E-state index contributed by atoms with van der Waals surface area (Å²) in [5.74, 6) is 0.327. The van der Waals surface area contributed by atoms with Gasteiger partial charge in [-0.2, -0.15) is 0 Å². The average Bonchev–Trinajstić information content (AvgIpc) is 3.13.